The number of hydrogen-bond acceptors (Lipinski definition) is 5. The summed E-state index contributed by atoms with van der Waals surface area (Å²) in [7, 11) is 2.05. The van der Waals surface area contributed by atoms with E-state index >= 15 is 0 Å². The first-order valence-electron chi connectivity index (χ1n) is 5.00. The van der Waals surface area contributed by atoms with Crippen LogP contribution in [-0.4, -0.2) is 21.9 Å². The van der Waals surface area contributed by atoms with Crippen molar-refractivity contribution >= 4 is 17.2 Å². The molecule has 84 valence electrons. The van der Waals surface area contributed by atoms with Crippen molar-refractivity contribution in [2.75, 3.05) is 12.8 Å². The van der Waals surface area contributed by atoms with E-state index in [0.29, 0.717) is 5.82 Å². The van der Waals surface area contributed by atoms with Gasteiger partial charge in [0.2, 0.25) is 0 Å². The van der Waals surface area contributed by atoms with Crippen LogP contribution >= 0.6 is 11.3 Å². The second-order valence-electron chi connectivity index (χ2n) is 3.70. The van der Waals surface area contributed by atoms with Gasteiger partial charge in [-0.05, 0) is 13.1 Å². The fourth-order valence-corrected chi connectivity index (χ4v) is 2.07. The number of pyridine rings is 1. The van der Waals surface area contributed by atoms with E-state index in [-0.39, 0.29) is 0 Å². The number of nitrogens with two attached hydrogens (primary N) is 1. The van der Waals surface area contributed by atoms with E-state index in [9.17, 15) is 0 Å². The average Bonchev–Trinajstić information content (AvgIpc) is 2.74. The fourth-order valence-electron chi connectivity index (χ4n) is 1.52. The molecule has 0 bridgehead atoms. The van der Waals surface area contributed by atoms with Gasteiger partial charge in [-0.15, -0.1) is 11.3 Å². The Morgan fingerprint density at radius 2 is 2.25 bits per heavy atom. The minimum absolute atomic E-state index is 0.604. The molecule has 0 saturated carbocycles. The van der Waals surface area contributed by atoms with Gasteiger partial charge < -0.3 is 5.73 Å². The molecule has 4 nitrogen and oxygen atoms in total. The Hall–Kier alpha value is -1.46. The standard InChI is InChI=1S/C11H14N4S/c1-15(6-10-7-16-8-14-10)5-9-3-2-4-13-11(9)12/h2-4,7-8H,5-6H2,1H3,(H2,12,13). The van der Waals surface area contributed by atoms with E-state index in [1.807, 2.05) is 24.7 Å². The van der Waals surface area contributed by atoms with Gasteiger partial charge in [0.15, 0.2) is 0 Å². The molecular weight excluding hydrogens is 220 g/mol. The fraction of sp³-hybridized carbons (Fsp3) is 0.273. The molecule has 0 fully saturated rings. The van der Waals surface area contributed by atoms with Crippen molar-refractivity contribution in [3.8, 4) is 0 Å². The van der Waals surface area contributed by atoms with Crippen LogP contribution in [0.1, 0.15) is 11.3 Å². The summed E-state index contributed by atoms with van der Waals surface area (Å²) in [5.74, 6) is 0.604. The van der Waals surface area contributed by atoms with Gasteiger partial charge in [-0.25, -0.2) is 9.97 Å². The molecule has 0 spiro atoms. The Labute approximate surface area is 98.8 Å². The van der Waals surface area contributed by atoms with E-state index in [0.717, 1.165) is 24.3 Å². The summed E-state index contributed by atoms with van der Waals surface area (Å²) >= 11 is 1.62. The lowest BCUT2D eigenvalue weighted by atomic mass is 10.2. The molecule has 0 aliphatic carbocycles. The van der Waals surface area contributed by atoms with E-state index in [4.69, 9.17) is 5.73 Å². The minimum Gasteiger partial charge on any atom is -0.383 e. The molecule has 0 saturated heterocycles. The summed E-state index contributed by atoms with van der Waals surface area (Å²) < 4.78 is 0. The minimum atomic E-state index is 0.604. The van der Waals surface area contributed by atoms with Crippen LogP contribution in [0.15, 0.2) is 29.2 Å². The van der Waals surface area contributed by atoms with Crippen molar-refractivity contribution in [2.24, 2.45) is 0 Å². The maximum atomic E-state index is 5.79. The molecule has 0 aromatic carbocycles. The number of aromatic nitrogens is 2. The Morgan fingerprint density at radius 3 is 2.94 bits per heavy atom. The van der Waals surface area contributed by atoms with Gasteiger partial charge in [0.05, 0.1) is 11.2 Å². The van der Waals surface area contributed by atoms with Crippen molar-refractivity contribution in [2.45, 2.75) is 13.1 Å². The largest absolute Gasteiger partial charge is 0.383 e. The van der Waals surface area contributed by atoms with Crippen LogP contribution < -0.4 is 5.73 Å². The zero-order valence-electron chi connectivity index (χ0n) is 9.13. The van der Waals surface area contributed by atoms with E-state index in [2.05, 4.69) is 20.2 Å². The molecule has 2 heterocycles. The Balaban J connectivity index is 1.97. The number of nitrogen functional groups attached to an aromatic ring is 1. The smallest absolute Gasteiger partial charge is 0.127 e. The lowest BCUT2D eigenvalue weighted by Crippen LogP contribution is -2.18. The van der Waals surface area contributed by atoms with Crippen LogP contribution in [0.3, 0.4) is 0 Å². The predicted octanol–water partition coefficient (Wildman–Crippen LogP) is 1.75. The molecule has 5 heteroatoms. The topological polar surface area (TPSA) is 55.0 Å². The van der Waals surface area contributed by atoms with Crippen molar-refractivity contribution in [3.05, 3.63) is 40.5 Å². The molecule has 0 unspecified atom stereocenters. The SMILES string of the molecule is CN(Cc1cscn1)Cc1cccnc1N. The van der Waals surface area contributed by atoms with Gasteiger partial charge in [-0.3, -0.25) is 4.90 Å². The summed E-state index contributed by atoms with van der Waals surface area (Å²) in [5.41, 5.74) is 9.79. The Kier molecular flexibility index (Phi) is 3.48. The zero-order chi connectivity index (χ0) is 11.4. The van der Waals surface area contributed by atoms with Crippen molar-refractivity contribution in [1.82, 2.24) is 14.9 Å². The summed E-state index contributed by atoms with van der Waals surface area (Å²) in [6.07, 6.45) is 1.71. The number of thiazole rings is 1. The van der Waals surface area contributed by atoms with Crippen molar-refractivity contribution in [1.29, 1.82) is 0 Å². The van der Waals surface area contributed by atoms with Gasteiger partial charge in [-0.2, -0.15) is 0 Å². The van der Waals surface area contributed by atoms with Crippen LogP contribution in [0.2, 0.25) is 0 Å². The molecule has 2 aromatic heterocycles. The maximum Gasteiger partial charge on any atom is 0.127 e. The molecule has 2 N–H and O–H groups in total. The highest BCUT2D eigenvalue weighted by molar-refractivity contribution is 7.07. The zero-order valence-corrected chi connectivity index (χ0v) is 9.94. The van der Waals surface area contributed by atoms with Gasteiger partial charge in [0, 0.05) is 30.2 Å². The number of nitrogens with zero attached hydrogens (tertiary/aromatic N) is 3. The predicted molar refractivity (Wildman–Crippen MR) is 65.9 cm³/mol. The first-order chi connectivity index (χ1) is 7.75. The molecule has 2 aromatic rings. The lowest BCUT2D eigenvalue weighted by Gasteiger charge is -2.15. The van der Waals surface area contributed by atoms with E-state index < -0.39 is 0 Å². The normalized spacial score (nSPS) is 10.9. The molecule has 0 aliphatic rings. The third-order valence-electron chi connectivity index (χ3n) is 2.28. The van der Waals surface area contributed by atoms with Crippen LogP contribution in [0.4, 0.5) is 5.82 Å². The van der Waals surface area contributed by atoms with Crippen LogP contribution in [-0.2, 0) is 13.1 Å². The highest BCUT2D eigenvalue weighted by atomic mass is 32.1. The third kappa shape index (κ3) is 2.77. The highest BCUT2D eigenvalue weighted by Crippen LogP contribution is 2.11. The molecule has 0 radical (unpaired) electrons. The Morgan fingerprint density at radius 1 is 1.38 bits per heavy atom. The summed E-state index contributed by atoms with van der Waals surface area (Å²) in [6, 6.07) is 3.91. The average molecular weight is 234 g/mol. The van der Waals surface area contributed by atoms with E-state index in [1.54, 1.807) is 17.5 Å². The second-order valence-corrected chi connectivity index (χ2v) is 4.42. The quantitative estimate of drug-likeness (QED) is 0.875. The molecule has 0 atom stereocenters. The lowest BCUT2D eigenvalue weighted by molar-refractivity contribution is 0.316. The van der Waals surface area contributed by atoms with Crippen molar-refractivity contribution < 1.29 is 0 Å². The van der Waals surface area contributed by atoms with Gasteiger partial charge in [0.25, 0.3) is 0 Å². The molecular formula is C11H14N4S. The Bertz CT molecular complexity index is 441. The van der Waals surface area contributed by atoms with Crippen LogP contribution in [0, 0.1) is 0 Å². The maximum absolute atomic E-state index is 5.79. The summed E-state index contributed by atoms with van der Waals surface area (Å²) in [5, 5.41) is 2.06. The van der Waals surface area contributed by atoms with E-state index in [1.165, 1.54) is 0 Å². The molecule has 0 amide bonds. The van der Waals surface area contributed by atoms with Crippen LogP contribution in [0.5, 0.6) is 0 Å². The number of rotatable bonds is 4. The molecule has 2 rings (SSSR count). The highest BCUT2D eigenvalue weighted by Gasteiger charge is 2.05. The molecule has 16 heavy (non-hydrogen) atoms. The summed E-state index contributed by atoms with van der Waals surface area (Å²) in [4.78, 5) is 10.5. The third-order valence-corrected chi connectivity index (χ3v) is 2.92. The van der Waals surface area contributed by atoms with Gasteiger partial charge in [0.1, 0.15) is 5.82 Å². The number of hydrogen-bond donors (Lipinski definition) is 1. The van der Waals surface area contributed by atoms with Crippen molar-refractivity contribution in [3.63, 3.8) is 0 Å². The molecule has 0 aliphatic heterocycles. The van der Waals surface area contributed by atoms with Gasteiger partial charge in [-0.1, -0.05) is 6.07 Å². The first kappa shape index (κ1) is 11.0. The van der Waals surface area contributed by atoms with Crippen LogP contribution in [0.25, 0.3) is 0 Å². The first-order valence-corrected chi connectivity index (χ1v) is 5.95. The number of anilines is 1. The summed E-state index contributed by atoms with van der Waals surface area (Å²) in [6.45, 7) is 1.62. The monoisotopic (exact) mass is 234 g/mol. The second kappa shape index (κ2) is 5.05. The van der Waals surface area contributed by atoms with Gasteiger partial charge >= 0.3 is 0 Å².